The summed E-state index contributed by atoms with van der Waals surface area (Å²) in [5.74, 6) is 0. The van der Waals surface area contributed by atoms with Crippen LogP contribution in [0.15, 0.2) is 10.9 Å². The summed E-state index contributed by atoms with van der Waals surface area (Å²) in [6.07, 6.45) is 1.33. The number of rotatable bonds is 3. The average molecular weight is 196 g/mol. The van der Waals surface area contributed by atoms with E-state index < -0.39 is 0 Å². The van der Waals surface area contributed by atoms with Gasteiger partial charge in [0.25, 0.3) is 0 Å². The van der Waals surface area contributed by atoms with Crippen LogP contribution in [0.3, 0.4) is 0 Å². The molecule has 1 saturated carbocycles. The van der Waals surface area contributed by atoms with Gasteiger partial charge in [0.15, 0.2) is 0 Å². The molecule has 3 heteroatoms. The topological polar surface area (TPSA) is 16.1 Å². The predicted octanol–water partition coefficient (Wildman–Crippen LogP) is 2.37. The molecule has 1 aromatic rings. The van der Waals surface area contributed by atoms with Gasteiger partial charge in [-0.2, -0.15) is 0 Å². The number of thiazole rings is 1. The lowest BCUT2D eigenvalue weighted by Gasteiger charge is -2.16. The fourth-order valence-corrected chi connectivity index (χ4v) is 2.42. The Morgan fingerprint density at radius 1 is 1.69 bits per heavy atom. The van der Waals surface area contributed by atoms with Gasteiger partial charge in [0, 0.05) is 18.0 Å². The molecule has 1 aromatic heterocycles. The molecule has 72 valence electrons. The third-order valence-corrected chi connectivity index (χ3v) is 3.52. The van der Waals surface area contributed by atoms with Crippen molar-refractivity contribution >= 4 is 11.3 Å². The van der Waals surface area contributed by atoms with Crippen molar-refractivity contribution in [3.63, 3.8) is 0 Å². The minimum atomic E-state index is 0.533. The Morgan fingerprint density at radius 2 is 2.38 bits per heavy atom. The molecule has 0 spiro atoms. The summed E-state index contributed by atoms with van der Waals surface area (Å²) in [6.45, 7) is 5.65. The molecule has 1 aliphatic carbocycles. The number of hydrogen-bond acceptors (Lipinski definition) is 3. The zero-order chi connectivity index (χ0) is 9.47. The first-order valence-corrected chi connectivity index (χ1v) is 5.61. The summed E-state index contributed by atoms with van der Waals surface area (Å²) in [5.41, 5.74) is 3.64. The van der Waals surface area contributed by atoms with Crippen molar-refractivity contribution in [2.75, 3.05) is 7.05 Å². The van der Waals surface area contributed by atoms with Crippen molar-refractivity contribution < 1.29 is 0 Å². The maximum Gasteiger partial charge on any atom is 0.0795 e. The van der Waals surface area contributed by atoms with Crippen LogP contribution >= 0.6 is 11.3 Å². The van der Waals surface area contributed by atoms with Crippen LogP contribution in [-0.4, -0.2) is 23.0 Å². The van der Waals surface area contributed by atoms with Crippen LogP contribution in [-0.2, 0) is 6.54 Å². The van der Waals surface area contributed by atoms with E-state index in [1.807, 2.05) is 5.51 Å². The second-order valence-electron chi connectivity index (χ2n) is 4.60. The van der Waals surface area contributed by atoms with Crippen molar-refractivity contribution in [1.82, 2.24) is 9.88 Å². The predicted molar refractivity (Wildman–Crippen MR) is 55.8 cm³/mol. The second kappa shape index (κ2) is 3.07. The molecule has 0 aliphatic heterocycles. The lowest BCUT2D eigenvalue weighted by molar-refractivity contribution is 0.277. The van der Waals surface area contributed by atoms with Crippen LogP contribution in [0.4, 0.5) is 0 Å². The van der Waals surface area contributed by atoms with E-state index in [4.69, 9.17) is 0 Å². The first-order chi connectivity index (χ1) is 6.09. The summed E-state index contributed by atoms with van der Waals surface area (Å²) in [7, 11) is 2.19. The monoisotopic (exact) mass is 196 g/mol. The molecule has 1 unspecified atom stereocenters. The largest absolute Gasteiger partial charge is 0.297 e. The van der Waals surface area contributed by atoms with E-state index in [-0.39, 0.29) is 0 Å². The molecule has 1 heterocycles. The molecule has 1 fully saturated rings. The van der Waals surface area contributed by atoms with Crippen LogP contribution in [0, 0.1) is 5.41 Å². The highest BCUT2D eigenvalue weighted by Crippen LogP contribution is 2.48. The smallest absolute Gasteiger partial charge is 0.0795 e. The highest BCUT2D eigenvalue weighted by Gasteiger charge is 2.47. The van der Waals surface area contributed by atoms with Crippen molar-refractivity contribution in [2.24, 2.45) is 5.41 Å². The van der Waals surface area contributed by atoms with Gasteiger partial charge < -0.3 is 0 Å². The Kier molecular flexibility index (Phi) is 2.16. The molecule has 1 atom stereocenters. The molecular weight excluding hydrogens is 180 g/mol. The lowest BCUT2D eigenvalue weighted by Crippen LogP contribution is -2.23. The molecule has 0 aromatic carbocycles. The molecular formula is C10H16N2S. The molecule has 1 aliphatic rings. The summed E-state index contributed by atoms with van der Waals surface area (Å²) in [4.78, 5) is 6.70. The first kappa shape index (κ1) is 9.16. The summed E-state index contributed by atoms with van der Waals surface area (Å²) in [5, 5.41) is 2.13. The molecule has 0 radical (unpaired) electrons. The zero-order valence-corrected chi connectivity index (χ0v) is 9.27. The van der Waals surface area contributed by atoms with Gasteiger partial charge >= 0.3 is 0 Å². The SMILES string of the molecule is CN(Cc1cscn1)C1CC1(C)C. The minimum absolute atomic E-state index is 0.533. The zero-order valence-electron chi connectivity index (χ0n) is 8.45. The normalized spacial score (nSPS) is 25.1. The maximum atomic E-state index is 4.29. The second-order valence-corrected chi connectivity index (χ2v) is 5.32. The summed E-state index contributed by atoms with van der Waals surface area (Å²) >= 11 is 1.68. The van der Waals surface area contributed by atoms with E-state index >= 15 is 0 Å². The van der Waals surface area contributed by atoms with E-state index in [9.17, 15) is 0 Å². The summed E-state index contributed by atoms with van der Waals surface area (Å²) in [6, 6.07) is 0.759. The van der Waals surface area contributed by atoms with E-state index in [1.54, 1.807) is 11.3 Å². The van der Waals surface area contributed by atoms with Gasteiger partial charge in [0.2, 0.25) is 0 Å². The first-order valence-electron chi connectivity index (χ1n) is 4.67. The molecule has 2 rings (SSSR count). The number of aromatic nitrogens is 1. The third-order valence-electron chi connectivity index (χ3n) is 2.89. The fourth-order valence-electron chi connectivity index (χ4n) is 1.87. The van der Waals surface area contributed by atoms with Crippen LogP contribution in [0.5, 0.6) is 0 Å². The summed E-state index contributed by atoms with van der Waals surface area (Å²) < 4.78 is 0. The van der Waals surface area contributed by atoms with Crippen LogP contribution in [0.1, 0.15) is 26.0 Å². The molecule has 0 saturated heterocycles. The van der Waals surface area contributed by atoms with E-state index in [0.717, 1.165) is 12.6 Å². The Hall–Kier alpha value is -0.410. The lowest BCUT2D eigenvalue weighted by atomic mass is 10.2. The molecule has 0 N–H and O–H groups in total. The fraction of sp³-hybridized carbons (Fsp3) is 0.700. The van der Waals surface area contributed by atoms with Crippen molar-refractivity contribution in [3.05, 3.63) is 16.6 Å². The maximum absolute atomic E-state index is 4.29. The molecule has 0 amide bonds. The van der Waals surface area contributed by atoms with Crippen molar-refractivity contribution in [2.45, 2.75) is 32.9 Å². The van der Waals surface area contributed by atoms with Gasteiger partial charge in [-0.25, -0.2) is 4.98 Å². The van der Waals surface area contributed by atoms with E-state index in [1.165, 1.54) is 12.1 Å². The highest BCUT2D eigenvalue weighted by atomic mass is 32.1. The van der Waals surface area contributed by atoms with Gasteiger partial charge in [-0.05, 0) is 18.9 Å². The Labute approximate surface area is 83.6 Å². The molecule has 2 nitrogen and oxygen atoms in total. The van der Waals surface area contributed by atoms with E-state index in [0.29, 0.717) is 5.41 Å². The van der Waals surface area contributed by atoms with Crippen molar-refractivity contribution in [3.8, 4) is 0 Å². The van der Waals surface area contributed by atoms with Gasteiger partial charge in [0.05, 0.1) is 11.2 Å². The number of hydrogen-bond donors (Lipinski definition) is 0. The van der Waals surface area contributed by atoms with Crippen LogP contribution < -0.4 is 0 Å². The highest BCUT2D eigenvalue weighted by molar-refractivity contribution is 7.07. The Balaban J connectivity index is 1.90. The Bertz CT molecular complexity index is 279. The third kappa shape index (κ3) is 1.92. The standard InChI is InChI=1S/C10H16N2S/c1-10(2)4-9(10)12(3)5-8-6-13-7-11-8/h6-7,9H,4-5H2,1-3H3. The van der Waals surface area contributed by atoms with Crippen LogP contribution in [0.25, 0.3) is 0 Å². The van der Waals surface area contributed by atoms with Gasteiger partial charge in [0.1, 0.15) is 0 Å². The van der Waals surface area contributed by atoms with Gasteiger partial charge in [-0.15, -0.1) is 11.3 Å². The minimum Gasteiger partial charge on any atom is -0.297 e. The number of nitrogens with zero attached hydrogens (tertiary/aromatic N) is 2. The quantitative estimate of drug-likeness (QED) is 0.738. The van der Waals surface area contributed by atoms with Crippen LogP contribution in [0.2, 0.25) is 0 Å². The van der Waals surface area contributed by atoms with Gasteiger partial charge in [-0.3, -0.25) is 4.90 Å². The van der Waals surface area contributed by atoms with E-state index in [2.05, 4.69) is 36.2 Å². The Morgan fingerprint density at radius 3 is 2.85 bits per heavy atom. The van der Waals surface area contributed by atoms with Crippen molar-refractivity contribution in [1.29, 1.82) is 0 Å². The molecule has 0 bridgehead atoms. The molecule has 13 heavy (non-hydrogen) atoms. The average Bonchev–Trinajstić information content (AvgIpc) is 2.49. The van der Waals surface area contributed by atoms with Gasteiger partial charge in [-0.1, -0.05) is 13.8 Å².